The molecule has 0 saturated carbocycles. The Bertz CT molecular complexity index is 521. The van der Waals surface area contributed by atoms with Crippen LogP contribution in [0.25, 0.3) is 0 Å². The lowest BCUT2D eigenvalue weighted by Crippen LogP contribution is -2.47. The SMILES string of the molecule is CN1[C@@H]2CC[C@H]1CC(OC(=O)[C@@](O)(CO)c1ccccc1)C2. The van der Waals surface area contributed by atoms with E-state index < -0.39 is 18.2 Å². The second kappa shape index (κ2) is 5.99. The molecular weight excluding hydrogens is 282 g/mol. The predicted octanol–water partition coefficient (Wildman–Crippen LogP) is 1.03. The molecule has 5 heteroatoms. The Kier molecular flexibility index (Phi) is 4.21. The highest BCUT2D eigenvalue weighted by Gasteiger charge is 2.44. The summed E-state index contributed by atoms with van der Waals surface area (Å²) in [6.07, 6.45) is 3.70. The lowest BCUT2D eigenvalue weighted by Gasteiger charge is -2.37. The Labute approximate surface area is 130 Å². The first-order valence-electron chi connectivity index (χ1n) is 7.86. The molecule has 0 amide bonds. The average molecular weight is 305 g/mol. The number of hydrogen-bond donors (Lipinski definition) is 2. The van der Waals surface area contributed by atoms with Crippen LogP contribution in [0.3, 0.4) is 0 Å². The van der Waals surface area contributed by atoms with Crippen molar-refractivity contribution in [1.29, 1.82) is 0 Å². The first kappa shape index (κ1) is 15.5. The number of fused-ring (bicyclic) bond motifs is 2. The van der Waals surface area contributed by atoms with Gasteiger partial charge in [-0.1, -0.05) is 30.3 Å². The zero-order valence-corrected chi connectivity index (χ0v) is 12.8. The maximum atomic E-state index is 12.4. The molecule has 0 aromatic heterocycles. The van der Waals surface area contributed by atoms with Gasteiger partial charge in [0.05, 0.1) is 6.61 Å². The predicted molar refractivity (Wildman–Crippen MR) is 81.1 cm³/mol. The van der Waals surface area contributed by atoms with Crippen molar-refractivity contribution in [2.24, 2.45) is 0 Å². The van der Waals surface area contributed by atoms with E-state index >= 15 is 0 Å². The summed E-state index contributed by atoms with van der Waals surface area (Å²) >= 11 is 0. The van der Waals surface area contributed by atoms with Gasteiger partial charge in [0, 0.05) is 12.1 Å². The summed E-state index contributed by atoms with van der Waals surface area (Å²) in [6, 6.07) is 9.39. The molecule has 3 rings (SSSR count). The van der Waals surface area contributed by atoms with Crippen LogP contribution in [-0.2, 0) is 15.1 Å². The number of nitrogens with zero attached hydrogens (tertiary/aromatic N) is 1. The second-order valence-corrected chi connectivity index (χ2v) is 6.43. The number of carbonyl (C=O) groups excluding carboxylic acids is 1. The molecule has 0 spiro atoms. The maximum Gasteiger partial charge on any atom is 0.345 e. The van der Waals surface area contributed by atoms with E-state index in [1.165, 1.54) is 0 Å². The average Bonchev–Trinajstić information content (AvgIpc) is 2.76. The summed E-state index contributed by atoms with van der Waals surface area (Å²) in [4.78, 5) is 14.8. The monoisotopic (exact) mass is 305 g/mol. The minimum atomic E-state index is -1.98. The highest BCUT2D eigenvalue weighted by molar-refractivity contribution is 5.81. The molecule has 5 nitrogen and oxygen atoms in total. The molecule has 2 heterocycles. The number of carbonyl (C=O) groups is 1. The van der Waals surface area contributed by atoms with Gasteiger partial charge in [-0.2, -0.15) is 0 Å². The lowest BCUT2D eigenvalue weighted by molar-refractivity contribution is -0.180. The fourth-order valence-electron chi connectivity index (χ4n) is 3.69. The van der Waals surface area contributed by atoms with Crippen molar-refractivity contribution >= 4 is 5.97 Å². The molecule has 2 bridgehead atoms. The fourth-order valence-corrected chi connectivity index (χ4v) is 3.69. The van der Waals surface area contributed by atoms with E-state index in [4.69, 9.17) is 4.74 Å². The van der Waals surface area contributed by atoms with Crippen LogP contribution in [-0.4, -0.2) is 52.9 Å². The second-order valence-electron chi connectivity index (χ2n) is 6.43. The summed E-state index contributed by atoms with van der Waals surface area (Å²) in [6.45, 7) is -0.685. The van der Waals surface area contributed by atoms with Gasteiger partial charge >= 0.3 is 5.97 Å². The van der Waals surface area contributed by atoms with Crippen molar-refractivity contribution in [1.82, 2.24) is 4.90 Å². The van der Waals surface area contributed by atoms with Crippen LogP contribution >= 0.6 is 0 Å². The van der Waals surface area contributed by atoms with Crippen LogP contribution in [0, 0.1) is 0 Å². The van der Waals surface area contributed by atoms with Gasteiger partial charge in [0.25, 0.3) is 0 Å². The van der Waals surface area contributed by atoms with Crippen molar-refractivity contribution in [2.75, 3.05) is 13.7 Å². The molecule has 2 aliphatic heterocycles. The third kappa shape index (κ3) is 2.64. The van der Waals surface area contributed by atoms with E-state index in [-0.39, 0.29) is 6.10 Å². The van der Waals surface area contributed by atoms with Gasteiger partial charge in [0.15, 0.2) is 0 Å². The molecule has 0 aliphatic carbocycles. The highest BCUT2D eigenvalue weighted by Crippen LogP contribution is 2.36. The highest BCUT2D eigenvalue weighted by atomic mass is 16.6. The van der Waals surface area contributed by atoms with Crippen molar-refractivity contribution < 1.29 is 19.7 Å². The van der Waals surface area contributed by atoms with Crippen molar-refractivity contribution in [3.8, 4) is 0 Å². The number of esters is 1. The number of aliphatic hydroxyl groups is 2. The summed E-state index contributed by atoms with van der Waals surface area (Å²) in [5.41, 5.74) is -1.62. The maximum absolute atomic E-state index is 12.4. The first-order valence-corrected chi connectivity index (χ1v) is 7.86. The standard InChI is InChI=1S/C17H23NO4/c1-18-13-7-8-14(18)10-15(9-13)22-16(20)17(21,11-19)12-5-3-2-4-6-12/h2-6,13-15,19,21H,7-11H2,1H3/t13-,14+,15?,17-/m1/s1. The zero-order chi connectivity index (χ0) is 15.7. The Hall–Kier alpha value is -1.43. The number of ether oxygens (including phenoxy) is 1. The summed E-state index contributed by atoms with van der Waals surface area (Å²) in [7, 11) is 2.12. The van der Waals surface area contributed by atoms with Crippen LogP contribution in [0.1, 0.15) is 31.2 Å². The summed E-state index contributed by atoms with van der Waals surface area (Å²) in [5.74, 6) is -0.754. The van der Waals surface area contributed by atoms with Gasteiger partial charge in [-0.15, -0.1) is 0 Å². The molecule has 2 fully saturated rings. The van der Waals surface area contributed by atoms with Crippen molar-refractivity contribution in [3.05, 3.63) is 35.9 Å². The normalized spacial score (nSPS) is 30.8. The molecule has 1 aromatic rings. The Morgan fingerprint density at radius 2 is 1.86 bits per heavy atom. The van der Waals surface area contributed by atoms with Crippen LogP contribution in [0.2, 0.25) is 0 Å². The van der Waals surface area contributed by atoms with Gasteiger partial charge < -0.3 is 19.8 Å². The van der Waals surface area contributed by atoms with E-state index in [0.717, 1.165) is 25.7 Å². The third-order valence-electron chi connectivity index (χ3n) is 5.15. The van der Waals surface area contributed by atoms with E-state index in [1.807, 2.05) is 0 Å². The van der Waals surface area contributed by atoms with Crippen LogP contribution in [0.15, 0.2) is 30.3 Å². The molecule has 2 N–H and O–H groups in total. The Balaban J connectivity index is 1.71. The van der Waals surface area contributed by atoms with Crippen molar-refractivity contribution in [3.63, 3.8) is 0 Å². The van der Waals surface area contributed by atoms with Gasteiger partial charge in [-0.25, -0.2) is 4.79 Å². The number of hydrogen-bond acceptors (Lipinski definition) is 5. The number of piperidine rings is 1. The van der Waals surface area contributed by atoms with Crippen LogP contribution in [0.4, 0.5) is 0 Å². The molecular formula is C17H23NO4. The van der Waals surface area contributed by atoms with Crippen LogP contribution in [0.5, 0.6) is 0 Å². The number of benzene rings is 1. The molecule has 2 saturated heterocycles. The first-order chi connectivity index (χ1) is 10.5. The quantitative estimate of drug-likeness (QED) is 0.813. The van der Waals surface area contributed by atoms with Crippen LogP contribution < -0.4 is 0 Å². The molecule has 1 unspecified atom stereocenters. The third-order valence-corrected chi connectivity index (χ3v) is 5.15. The fraction of sp³-hybridized carbons (Fsp3) is 0.588. The topological polar surface area (TPSA) is 70.0 Å². The minimum Gasteiger partial charge on any atom is -0.460 e. The van der Waals surface area contributed by atoms with E-state index in [9.17, 15) is 15.0 Å². The number of aliphatic hydroxyl groups excluding tert-OH is 1. The van der Waals surface area contributed by atoms with Gasteiger partial charge in [0.1, 0.15) is 6.10 Å². The Morgan fingerprint density at radius 3 is 2.41 bits per heavy atom. The van der Waals surface area contributed by atoms with E-state index in [1.54, 1.807) is 30.3 Å². The molecule has 0 radical (unpaired) electrons. The molecule has 2 aliphatic rings. The summed E-state index contributed by atoms with van der Waals surface area (Å²) < 4.78 is 5.56. The minimum absolute atomic E-state index is 0.178. The summed E-state index contributed by atoms with van der Waals surface area (Å²) in [5, 5.41) is 20.1. The smallest absolute Gasteiger partial charge is 0.345 e. The van der Waals surface area contributed by atoms with Gasteiger partial charge in [-0.3, -0.25) is 0 Å². The molecule has 1 aromatic carbocycles. The van der Waals surface area contributed by atoms with Crippen molar-refractivity contribution in [2.45, 2.75) is 49.5 Å². The molecule has 120 valence electrons. The Morgan fingerprint density at radius 1 is 1.27 bits per heavy atom. The lowest BCUT2D eigenvalue weighted by atomic mass is 9.94. The van der Waals surface area contributed by atoms with Gasteiger partial charge in [0.2, 0.25) is 5.60 Å². The van der Waals surface area contributed by atoms with E-state index in [0.29, 0.717) is 17.6 Å². The van der Waals surface area contributed by atoms with E-state index in [2.05, 4.69) is 11.9 Å². The van der Waals surface area contributed by atoms with Gasteiger partial charge in [-0.05, 0) is 38.3 Å². The zero-order valence-electron chi connectivity index (χ0n) is 12.8. The largest absolute Gasteiger partial charge is 0.460 e. The molecule has 22 heavy (non-hydrogen) atoms. The molecule has 4 atom stereocenters. The number of rotatable bonds is 4.